The maximum absolute atomic E-state index is 12.9. The van der Waals surface area contributed by atoms with Gasteiger partial charge in [-0.15, -0.1) is 0 Å². The van der Waals surface area contributed by atoms with E-state index in [1.807, 2.05) is 15.9 Å². The molecule has 1 fully saturated rings. The average Bonchev–Trinajstić information content (AvgIpc) is 2.64. The van der Waals surface area contributed by atoms with Crippen LogP contribution < -0.4 is 15.4 Å². The van der Waals surface area contributed by atoms with Gasteiger partial charge < -0.3 is 9.80 Å². The predicted octanol–water partition coefficient (Wildman–Crippen LogP) is 2.49. The number of benzene rings is 1. The number of anilines is 2. The number of H-pyrrole nitrogens is 1. The monoisotopic (exact) mass is 377 g/mol. The van der Waals surface area contributed by atoms with E-state index in [1.54, 1.807) is 13.0 Å². The fraction of sp³-hybridized carbons (Fsp3) is 0.389. The maximum Gasteiger partial charge on any atom is 0.416 e. The smallest absolute Gasteiger partial charge is 0.368 e. The summed E-state index contributed by atoms with van der Waals surface area (Å²) in [7, 11) is 0. The van der Waals surface area contributed by atoms with Crippen molar-refractivity contribution < 1.29 is 13.2 Å². The first-order valence-electron chi connectivity index (χ1n) is 8.43. The van der Waals surface area contributed by atoms with E-state index >= 15 is 0 Å². The van der Waals surface area contributed by atoms with Crippen molar-refractivity contribution in [2.75, 3.05) is 36.0 Å². The zero-order chi connectivity index (χ0) is 19.6. The van der Waals surface area contributed by atoms with Crippen LogP contribution in [0, 0.1) is 18.3 Å². The Balaban J connectivity index is 1.73. The second-order valence-electron chi connectivity index (χ2n) is 6.31. The number of aryl methyl sites for hydroxylation is 1. The van der Waals surface area contributed by atoms with Crippen molar-refractivity contribution in [3.05, 3.63) is 51.4 Å². The first-order valence-corrected chi connectivity index (χ1v) is 8.43. The molecular formula is C18H18F3N5O. The van der Waals surface area contributed by atoms with Crippen molar-refractivity contribution in [3.8, 4) is 6.07 Å². The van der Waals surface area contributed by atoms with Crippen molar-refractivity contribution in [1.82, 2.24) is 9.97 Å². The Hall–Kier alpha value is -3.02. The number of nitriles is 1. The zero-order valence-corrected chi connectivity index (χ0v) is 14.7. The first-order chi connectivity index (χ1) is 12.8. The number of nitrogens with one attached hydrogen (secondary N) is 1. The molecule has 0 radical (unpaired) electrons. The van der Waals surface area contributed by atoms with Gasteiger partial charge in [0.25, 0.3) is 5.56 Å². The van der Waals surface area contributed by atoms with Crippen molar-refractivity contribution >= 4 is 11.6 Å². The Kier molecular flexibility index (Phi) is 5.08. The van der Waals surface area contributed by atoms with Gasteiger partial charge in [-0.25, -0.2) is 4.98 Å². The second-order valence-corrected chi connectivity index (χ2v) is 6.31. The van der Waals surface area contributed by atoms with Gasteiger partial charge in [-0.1, -0.05) is 6.07 Å². The number of nitrogens with zero attached hydrogens (tertiary/aromatic N) is 4. The molecule has 1 saturated heterocycles. The highest BCUT2D eigenvalue weighted by Gasteiger charge is 2.31. The fourth-order valence-corrected chi connectivity index (χ4v) is 3.09. The van der Waals surface area contributed by atoms with Gasteiger partial charge in [0.05, 0.1) is 29.3 Å². The van der Waals surface area contributed by atoms with Crippen LogP contribution >= 0.6 is 0 Å². The summed E-state index contributed by atoms with van der Waals surface area (Å²) in [5, 5.41) is 8.78. The summed E-state index contributed by atoms with van der Waals surface area (Å²) >= 11 is 0. The number of alkyl halides is 3. The fourth-order valence-electron chi connectivity index (χ4n) is 3.09. The van der Waals surface area contributed by atoms with Crippen molar-refractivity contribution in [1.29, 1.82) is 5.26 Å². The normalized spacial score (nSPS) is 14.9. The molecular weight excluding hydrogens is 359 g/mol. The molecule has 0 unspecified atom stereocenters. The Bertz CT molecular complexity index is 924. The molecule has 1 aromatic carbocycles. The lowest BCUT2D eigenvalue weighted by molar-refractivity contribution is -0.137. The first kappa shape index (κ1) is 18.8. The molecule has 1 N–H and O–H groups in total. The molecule has 0 bridgehead atoms. The van der Waals surface area contributed by atoms with Crippen LogP contribution in [0.15, 0.2) is 29.1 Å². The number of aromatic nitrogens is 2. The minimum Gasteiger partial charge on any atom is -0.368 e. The van der Waals surface area contributed by atoms with E-state index in [9.17, 15) is 18.0 Å². The molecule has 27 heavy (non-hydrogen) atoms. The minimum atomic E-state index is -4.37. The number of hydrogen-bond acceptors (Lipinski definition) is 5. The number of aromatic amines is 1. The van der Waals surface area contributed by atoms with Gasteiger partial charge in [0.2, 0.25) is 5.95 Å². The molecule has 3 rings (SSSR count). The Labute approximate surface area is 153 Å². The van der Waals surface area contributed by atoms with Crippen molar-refractivity contribution in [2.45, 2.75) is 19.5 Å². The summed E-state index contributed by atoms with van der Waals surface area (Å²) < 4.78 is 38.7. The Morgan fingerprint density at radius 3 is 2.48 bits per heavy atom. The molecule has 1 aromatic heterocycles. The van der Waals surface area contributed by atoms with Gasteiger partial charge in [0, 0.05) is 31.9 Å². The standard InChI is InChI=1S/C18H18F3N5O/c1-12-15(5-6-22)16(27)24-17(23-12)26-9-7-25(8-10-26)14-4-2-3-13(11-14)18(19,20)21/h2-4,11H,5,7-10H2,1H3,(H,23,24,27). The Morgan fingerprint density at radius 1 is 1.22 bits per heavy atom. The third-order valence-electron chi connectivity index (χ3n) is 4.58. The van der Waals surface area contributed by atoms with Gasteiger partial charge in [-0.05, 0) is 25.1 Å². The molecule has 1 aliphatic heterocycles. The SMILES string of the molecule is Cc1nc(N2CCN(c3cccc(C(F)(F)F)c3)CC2)[nH]c(=O)c1CC#N. The third kappa shape index (κ3) is 4.05. The molecule has 0 amide bonds. The van der Waals surface area contributed by atoms with E-state index in [4.69, 9.17) is 5.26 Å². The molecule has 142 valence electrons. The number of piperazine rings is 1. The van der Waals surface area contributed by atoms with Gasteiger partial charge in [-0.3, -0.25) is 9.78 Å². The number of hydrogen-bond donors (Lipinski definition) is 1. The molecule has 1 aliphatic rings. The number of halogens is 3. The molecule has 0 spiro atoms. The van der Waals surface area contributed by atoms with Crippen LogP contribution in [0.5, 0.6) is 0 Å². The molecule has 6 nitrogen and oxygen atoms in total. The highest BCUT2D eigenvalue weighted by molar-refractivity contribution is 5.51. The summed E-state index contributed by atoms with van der Waals surface area (Å²) in [6.45, 7) is 3.71. The maximum atomic E-state index is 12.9. The summed E-state index contributed by atoms with van der Waals surface area (Å²) in [6.07, 6.45) is -4.37. The van der Waals surface area contributed by atoms with Crippen LogP contribution in [0.25, 0.3) is 0 Å². The Morgan fingerprint density at radius 2 is 1.89 bits per heavy atom. The van der Waals surface area contributed by atoms with E-state index in [2.05, 4.69) is 9.97 Å². The molecule has 0 aliphatic carbocycles. The van der Waals surface area contributed by atoms with Gasteiger partial charge in [-0.2, -0.15) is 18.4 Å². The zero-order valence-electron chi connectivity index (χ0n) is 14.7. The predicted molar refractivity (Wildman–Crippen MR) is 94.8 cm³/mol. The van der Waals surface area contributed by atoms with Crippen LogP contribution in [-0.4, -0.2) is 36.1 Å². The summed E-state index contributed by atoms with van der Waals surface area (Å²) in [4.78, 5) is 22.9. The van der Waals surface area contributed by atoms with E-state index in [0.29, 0.717) is 49.1 Å². The highest BCUT2D eigenvalue weighted by atomic mass is 19.4. The molecule has 2 heterocycles. The third-order valence-corrected chi connectivity index (χ3v) is 4.58. The average molecular weight is 377 g/mol. The lowest BCUT2D eigenvalue weighted by Gasteiger charge is -2.36. The van der Waals surface area contributed by atoms with E-state index < -0.39 is 11.7 Å². The van der Waals surface area contributed by atoms with Crippen LogP contribution in [-0.2, 0) is 12.6 Å². The van der Waals surface area contributed by atoms with Crippen LogP contribution in [0.4, 0.5) is 24.8 Å². The molecule has 0 atom stereocenters. The van der Waals surface area contributed by atoms with E-state index in [-0.39, 0.29) is 12.0 Å². The van der Waals surface area contributed by atoms with Crippen molar-refractivity contribution in [3.63, 3.8) is 0 Å². The van der Waals surface area contributed by atoms with Crippen LogP contribution in [0.1, 0.15) is 16.8 Å². The molecule has 2 aromatic rings. The van der Waals surface area contributed by atoms with Crippen molar-refractivity contribution in [2.24, 2.45) is 0 Å². The largest absolute Gasteiger partial charge is 0.416 e. The molecule has 9 heteroatoms. The van der Waals surface area contributed by atoms with Crippen LogP contribution in [0.2, 0.25) is 0 Å². The number of rotatable bonds is 3. The summed E-state index contributed by atoms with van der Waals surface area (Å²) in [6, 6.07) is 7.21. The van der Waals surface area contributed by atoms with E-state index in [1.165, 1.54) is 6.07 Å². The molecule has 0 saturated carbocycles. The highest BCUT2D eigenvalue weighted by Crippen LogP contribution is 2.32. The summed E-state index contributed by atoms with van der Waals surface area (Å²) in [5.41, 5.74) is 0.377. The minimum absolute atomic E-state index is 0.00221. The second kappa shape index (κ2) is 7.31. The topological polar surface area (TPSA) is 76.0 Å². The quantitative estimate of drug-likeness (QED) is 0.890. The van der Waals surface area contributed by atoms with Crippen LogP contribution in [0.3, 0.4) is 0 Å². The van der Waals surface area contributed by atoms with Gasteiger partial charge >= 0.3 is 6.18 Å². The van der Waals surface area contributed by atoms with Gasteiger partial charge in [0.1, 0.15) is 0 Å². The van der Waals surface area contributed by atoms with E-state index in [0.717, 1.165) is 12.1 Å². The summed E-state index contributed by atoms with van der Waals surface area (Å²) in [5.74, 6) is 0.419. The lowest BCUT2D eigenvalue weighted by atomic mass is 10.1. The lowest BCUT2D eigenvalue weighted by Crippen LogP contribution is -2.47. The van der Waals surface area contributed by atoms with Gasteiger partial charge in [0.15, 0.2) is 0 Å².